The quantitative estimate of drug-likeness (QED) is 0.530. The van der Waals surface area contributed by atoms with Crippen LogP contribution in [-0.4, -0.2) is 16.5 Å². The van der Waals surface area contributed by atoms with Crippen LogP contribution in [0.3, 0.4) is 0 Å². The molecule has 2 aromatic rings. The number of rotatable bonds is 5. The van der Waals surface area contributed by atoms with E-state index in [0.717, 1.165) is 36.2 Å². The van der Waals surface area contributed by atoms with Crippen LogP contribution in [0, 0.1) is 0 Å². The van der Waals surface area contributed by atoms with Crippen molar-refractivity contribution in [3.05, 3.63) is 30.1 Å². The molecule has 0 aliphatic rings. The summed E-state index contributed by atoms with van der Waals surface area (Å²) in [6, 6.07) is 8.12. The number of nitrogens with two attached hydrogens (primary N) is 1. The van der Waals surface area contributed by atoms with Crippen LogP contribution >= 0.6 is 0 Å². The minimum absolute atomic E-state index is 0.448. The van der Waals surface area contributed by atoms with Gasteiger partial charge in [-0.1, -0.05) is 19.1 Å². The Hall–Kier alpha value is -1.39. The number of hydrogen-bond acceptors (Lipinski definition) is 3. The van der Waals surface area contributed by atoms with E-state index in [1.165, 1.54) is 0 Å². The third-order valence-electron chi connectivity index (χ3n) is 2.92. The molecule has 0 aliphatic heterocycles. The first kappa shape index (κ1) is 11.1. The van der Waals surface area contributed by atoms with Gasteiger partial charge in [-0.25, -0.2) is 4.98 Å². The van der Waals surface area contributed by atoms with Crippen LogP contribution in [0.1, 0.15) is 31.5 Å². The maximum atomic E-state index is 5.30. The number of hydrazine groups is 1. The monoisotopic (exact) mass is 218 g/mol. The summed E-state index contributed by atoms with van der Waals surface area (Å²) in [5, 5.41) is 0. The van der Waals surface area contributed by atoms with Crippen molar-refractivity contribution in [3.63, 3.8) is 0 Å². The van der Waals surface area contributed by atoms with Crippen molar-refractivity contribution < 1.29 is 0 Å². The van der Waals surface area contributed by atoms with Gasteiger partial charge < -0.3 is 4.98 Å². The SMILES string of the molecule is CCC(CCNN)c1nc2ccccc2[nH]1. The molecule has 0 saturated heterocycles. The van der Waals surface area contributed by atoms with Gasteiger partial charge in [0.05, 0.1) is 11.0 Å². The van der Waals surface area contributed by atoms with E-state index in [2.05, 4.69) is 28.4 Å². The van der Waals surface area contributed by atoms with Crippen LogP contribution in [0.25, 0.3) is 11.0 Å². The topological polar surface area (TPSA) is 66.7 Å². The number of aromatic amines is 1. The fourth-order valence-corrected chi connectivity index (χ4v) is 1.96. The molecule has 4 nitrogen and oxygen atoms in total. The van der Waals surface area contributed by atoms with Crippen LogP contribution in [0.5, 0.6) is 0 Å². The van der Waals surface area contributed by atoms with Gasteiger partial charge in [0.2, 0.25) is 0 Å². The average molecular weight is 218 g/mol. The van der Waals surface area contributed by atoms with Gasteiger partial charge in [0.1, 0.15) is 5.82 Å². The maximum Gasteiger partial charge on any atom is 0.110 e. The summed E-state index contributed by atoms with van der Waals surface area (Å²) >= 11 is 0. The maximum absolute atomic E-state index is 5.30. The summed E-state index contributed by atoms with van der Waals surface area (Å²) in [6.07, 6.45) is 2.08. The predicted molar refractivity (Wildman–Crippen MR) is 65.9 cm³/mol. The van der Waals surface area contributed by atoms with E-state index in [1.807, 2.05) is 18.2 Å². The number of benzene rings is 1. The van der Waals surface area contributed by atoms with E-state index in [1.54, 1.807) is 0 Å². The van der Waals surface area contributed by atoms with Crippen LogP contribution in [0.15, 0.2) is 24.3 Å². The lowest BCUT2D eigenvalue weighted by Gasteiger charge is -2.10. The number of nitrogens with zero attached hydrogens (tertiary/aromatic N) is 1. The molecule has 86 valence electrons. The third-order valence-corrected chi connectivity index (χ3v) is 2.92. The Bertz CT molecular complexity index is 416. The van der Waals surface area contributed by atoms with Crippen molar-refractivity contribution in [1.82, 2.24) is 15.4 Å². The third kappa shape index (κ3) is 2.23. The number of H-pyrrole nitrogens is 1. The van der Waals surface area contributed by atoms with Gasteiger partial charge in [-0.15, -0.1) is 0 Å². The second kappa shape index (κ2) is 5.09. The zero-order valence-electron chi connectivity index (χ0n) is 9.53. The van der Waals surface area contributed by atoms with Crippen LogP contribution in [0.2, 0.25) is 0 Å². The number of imidazole rings is 1. The van der Waals surface area contributed by atoms with Crippen molar-refractivity contribution in [2.24, 2.45) is 5.84 Å². The molecule has 0 radical (unpaired) electrons. The van der Waals surface area contributed by atoms with E-state index in [9.17, 15) is 0 Å². The highest BCUT2D eigenvalue weighted by Gasteiger charge is 2.13. The van der Waals surface area contributed by atoms with Crippen molar-refractivity contribution in [3.8, 4) is 0 Å². The molecule has 1 aromatic carbocycles. The summed E-state index contributed by atoms with van der Waals surface area (Å²) in [5.74, 6) is 6.82. The van der Waals surface area contributed by atoms with Crippen LogP contribution in [-0.2, 0) is 0 Å². The Morgan fingerprint density at radius 2 is 2.25 bits per heavy atom. The lowest BCUT2D eigenvalue weighted by atomic mass is 10.0. The molecule has 1 atom stereocenters. The predicted octanol–water partition coefficient (Wildman–Crippen LogP) is 1.91. The summed E-state index contributed by atoms with van der Waals surface area (Å²) < 4.78 is 0. The zero-order valence-corrected chi connectivity index (χ0v) is 9.53. The number of aromatic nitrogens is 2. The molecule has 2 rings (SSSR count). The molecule has 4 N–H and O–H groups in total. The molecular weight excluding hydrogens is 200 g/mol. The van der Waals surface area contributed by atoms with E-state index in [0.29, 0.717) is 5.92 Å². The molecular formula is C12H18N4. The summed E-state index contributed by atoms with van der Waals surface area (Å²) in [7, 11) is 0. The molecule has 4 heteroatoms. The molecule has 16 heavy (non-hydrogen) atoms. The highest BCUT2D eigenvalue weighted by Crippen LogP contribution is 2.22. The number of nitrogens with one attached hydrogen (secondary N) is 2. The normalized spacial score (nSPS) is 13.1. The Labute approximate surface area is 95.2 Å². The van der Waals surface area contributed by atoms with Gasteiger partial charge in [-0.3, -0.25) is 11.3 Å². The van der Waals surface area contributed by atoms with Crippen LogP contribution in [0.4, 0.5) is 0 Å². The molecule has 0 aliphatic carbocycles. The number of fused-ring (bicyclic) bond motifs is 1. The van der Waals surface area contributed by atoms with E-state index < -0.39 is 0 Å². The second-order valence-corrected chi connectivity index (χ2v) is 3.99. The fourth-order valence-electron chi connectivity index (χ4n) is 1.96. The molecule has 0 amide bonds. The van der Waals surface area contributed by atoms with Crippen molar-refractivity contribution >= 4 is 11.0 Å². The second-order valence-electron chi connectivity index (χ2n) is 3.99. The summed E-state index contributed by atoms with van der Waals surface area (Å²) in [6.45, 7) is 2.99. The highest BCUT2D eigenvalue weighted by atomic mass is 15.2. The van der Waals surface area contributed by atoms with Gasteiger partial charge in [-0.2, -0.15) is 0 Å². The standard InChI is InChI=1S/C12H18N4/c1-2-9(7-8-14-13)12-15-10-5-3-4-6-11(10)16-12/h3-6,9,14H,2,7-8,13H2,1H3,(H,15,16). The first-order valence-corrected chi connectivity index (χ1v) is 5.73. The van der Waals surface area contributed by atoms with Crippen LogP contribution < -0.4 is 11.3 Å². The Kier molecular flexibility index (Phi) is 3.54. The van der Waals surface area contributed by atoms with E-state index in [-0.39, 0.29) is 0 Å². The Morgan fingerprint density at radius 3 is 2.94 bits per heavy atom. The number of para-hydroxylation sites is 2. The molecule has 0 spiro atoms. The minimum Gasteiger partial charge on any atom is -0.342 e. The fraction of sp³-hybridized carbons (Fsp3) is 0.417. The van der Waals surface area contributed by atoms with Crippen molar-refractivity contribution in [2.75, 3.05) is 6.54 Å². The number of hydrogen-bond donors (Lipinski definition) is 3. The average Bonchev–Trinajstić information content (AvgIpc) is 2.73. The van der Waals surface area contributed by atoms with E-state index >= 15 is 0 Å². The highest BCUT2D eigenvalue weighted by molar-refractivity contribution is 5.74. The van der Waals surface area contributed by atoms with E-state index in [4.69, 9.17) is 5.84 Å². The molecule has 0 bridgehead atoms. The minimum atomic E-state index is 0.448. The van der Waals surface area contributed by atoms with Gasteiger partial charge in [0.15, 0.2) is 0 Å². The van der Waals surface area contributed by atoms with Crippen molar-refractivity contribution in [1.29, 1.82) is 0 Å². The summed E-state index contributed by atoms with van der Waals surface area (Å²) in [4.78, 5) is 7.99. The summed E-state index contributed by atoms with van der Waals surface area (Å²) in [5.41, 5.74) is 4.84. The first-order chi connectivity index (χ1) is 7.85. The molecule has 0 fully saturated rings. The molecule has 1 aromatic heterocycles. The first-order valence-electron chi connectivity index (χ1n) is 5.73. The molecule has 1 heterocycles. The van der Waals surface area contributed by atoms with Gasteiger partial charge in [0.25, 0.3) is 0 Å². The van der Waals surface area contributed by atoms with Gasteiger partial charge >= 0.3 is 0 Å². The van der Waals surface area contributed by atoms with Gasteiger partial charge in [0, 0.05) is 12.5 Å². The Balaban J connectivity index is 2.23. The lowest BCUT2D eigenvalue weighted by Crippen LogP contribution is -2.24. The smallest absolute Gasteiger partial charge is 0.110 e. The Morgan fingerprint density at radius 1 is 1.44 bits per heavy atom. The zero-order chi connectivity index (χ0) is 11.4. The van der Waals surface area contributed by atoms with Gasteiger partial charge in [-0.05, 0) is 25.0 Å². The molecule has 0 saturated carbocycles. The lowest BCUT2D eigenvalue weighted by molar-refractivity contribution is 0.547. The van der Waals surface area contributed by atoms with Crippen molar-refractivity contribution in [2.45, 2.75) is 25.7 Å². The largest absolute Gasteiger partial charge is 0.342 e. The molecule has 1 unspecified atom stereocenters.